The van der Waals surface area contributed by atoms with Gasteiger partial charge in [0, 0.05) is 6.21 Å². The van der Waals surface area contributed by atoms with Crippen molar-refractivity contribution in [1.82, 2.24) is 0 Å². The SMILES string of the molecule is CCOC(=O)CN=CC(C(=O)OC)C(=O)OCC. The predicted molar refractivity (Wildman–Crippen MR) is 62.1 cm³/mol. The summed E-state index contributed by atoms with van der Waals surface area (Å²) in [5.41, 5.74) is 0. The number of esters is 3. The molecule has 0 radical (unpaired) electrons. The monoisotopic (exact) mass is 259 g/mol. The molecular weight excluding hydrogens is 242 g/mol. The highest BCUT2D eigenvalue weighted by Gasteiger charge is 2.27. The Morgan fingerprint density at radius 3 is 2.22 bits per heavy atom. The van der Waals surface area contributed by atoms with Gasteiger partial charge in [-0.25, -0.2) is 0 Å². The maximum atomic E-state index is 11.4. The molecule has 0 aliphatic heterocycles. The second-order valence-electron chi connectivity index (χ2n) is 3.05. The summed E-state index contributed by atoms with van der Waals surface area (Å²) in [7, 11) is 1.15. The topological polar surface area (TPSA) is 91.3 Å². The summed E-state index contributed by atoms with van der Waals surface area (Å²) < 4.78 is 13.8. The molecule has 0 bridgehead atoms. The number of aliphatic imine (C=N–C) groups is 1. The number of carbonyl (C=O) groups is 3. The summed E-state index contributed by atoms with van der Waals surface area (Å²) in [6.07, 6.45) is 1.03. The Labute approximate surface area is 105 Å². The molecule has 0 saturated heterocycles. The molecular formula is C11H17NO6. The van der Waals surface area contributed by atoms with Crippen LogP contribution < -0.4 is 0 Å². The Hall–Kier alpha value is -1.92. The quantitative estimate of drug-likeness (QED) is 0.276. The van der Waals surface area contributed by atoms with Crippen LogP contribution >= 0.6 is 0 Å². The normalized spacial score (nSPS) is 11.9. The number of rotatable bonds is 7. The van der Waals surface area contributed by atoms with E-state index >= 15 is 0 Å². The average Bonchev–Trinajstić information content (AvgIpc) is 2.34. The third-order valence-electron chi connectivity index (χ3n) is 1.78. The lowest BCUT2D eigenvalue weighted by molar-refractivity contribution is -0.156. The van der Waals surface area contributed by atoms with Gasteiger partial charge in [-0.15, -0.1) is 0 Å². The number of nitrogens with zero attached hydrogens (tertiary/aromatic N) is 1. The smallest absolute Gasteiger partial charge is 0.327 e. The summed E-state index contributed by atoms with van der Waals surface area (Å²) in [4.78, 5) is 37.4. The minimum Gasteiger partial charge on any atom is -0.468 e. The molecule has 0 amide bonds. The second kappa shape index (κ2) is 9.15. The van der Waals surface area contributed by atoms with E-state index in [-0.39, 0.29) is 19.8 Å². The van der Waals surface area contributed by atoms with E-state index in [0.717, 1.165) is 13.3 Å². The van der Waals surface area contributed by atoms with E-state index in [2.05, 4.69) is 19.2 Å². The van der Waals surface area contributed by atoms with Crippen LogP contribution in [-0.4, -0.2) is 51.0 Å². The zero-order chi connectivity index (χ0) is 14.0. The molecule has 7 nitrogen and oxygen atoms in total. The fourth-order valence-electron chi connectivity index (χ4n) is 1.02. The van der Waals surface area contributed by atoms with E-state index < -0.39 is 23.8 Å². The molecule has 7 heteroatoms. The van der Waals surface area contributed by atoms with Crippen LogP contribution in [0.25, 0.3) is 0 Å². The second-order valence-corrected chi connectivity index (χ2v) is 3.05. The Bertz CT molecular complexity index is 325. The molecule has 0 fully saturated rings. The highest BCUT2D eigenvalue weighted by atomic mass is 16.5. The first-order valence-corrected chi connectivity index (χ1v) is 5.46. The Balaban J connectivity index is 4.49. The minimum absolute atomic E-state index is 0.137. The van der Waals surface area contributed by atoms with E-state index in [1.54, 1.807) is 13.8 Å². The van der Waals surface area contributed by atoms with Gasteiger partial charge in [-0.3, -0.25) is 19.4 Å². The van der Waals surface area contributed by atoms with Crippen molar-refractivity contribution in [2.75, 3.05) is 26.9 Å². The van der Waals surface area contributed by atoms with Crippen molar-refractivity contribution < 1.29 is 28.6 Å². The van der Waals surface area contributed by atoms with E-state index in [1.165, 1.54) is 0 Å². The van der Waals surface area contributed by atoms with Gasteiger partial charge in [0.1, 0.15) is 6.54 Å². The van der Waals surface area contributed by atoms with Crippen LogP contribution in [0.3, 0.4) is 0 Å². The first-order valence-electron chi connectivity index (χ1n) is 5.46. The van der Waals surface area contributed by atoms with Gasteiger partial charge in [0.05, 0.1) is 20.3 Å². The number of carbonyl (C=O) groups excluding carboxylic acids is 3. The molecule has 0 rings (SSSR count). The molecule has 0 saturated carbocycles. The van der Waals surface area contributed by atoms with E-state index in [1.807, 2.05) is 0 Å². The largest absolute Gasteiger partial charge is 0.468 e. The summed E-state index contributed by atoms with van der Waals surface area (Å²) in [6.45, 7) is 3.39. The van der Waals surface area contributed by atoms with Crippen molar-refractivity contribution in [1.29, 1.82) is 0 Å². The number of ether oxygens (including phenoxy) is 3. The average molecular weight is 259 g/mol. The lowest BCUT2D eigenvalue weighted by atomic mass is 10.2. The van der Waals surface area contributed by atoms with Gasteiger partial charge in [0.2, 0.25) is 0 Å². The maximum absolute atomic E-state index is 11.4. The molecule has 0 aromatic carbocycles. The van der Waals surface area contributed by atoms with Crippen LogP contribution in [0.15, 0.2) is 4.99 Å². The van der Waals surface area contributed by atoms with Crippen molar-refractivity contribution in [3.05, 3.63) is 0 Å². The van der Waals surface area contributed by atoms with Crippen molar-refractivity contribution in [2.45, 2.75) is 13.8 Å². The Kier molecular flexibility index (Phi) is 8.17. The fourth-order valence-corrected chi connectivity index (χ4v) is 1.02. The van der Waals surface area contributed by atoms with Crippen molar-refractivity contribution in [3.8, 4) is 0 Å². The third-order valence-corrected chi connectivity index (χ3v) is 1.78. The maximum Gasteiger partial charge on any atom is 0.327 e. The van der Waals surface area contributed by atoms with Crippen molar-refractivity contribution in [3.63, 3.8) is 0 Å². The molecule has 0 aliphatic rings. The Morgan fingerprint density at radius 2 is 1.72 bits per heavy atom. The fraction of sp³-hybridized carbons (Fsp3) is 0.636. The predicted octanol–water partition coefficient (Wildman–Crippen LogP) is -0.0274. The molecule has 0 aliphatic carbocycles. The molecule has 0 N–H and O–H groups in total. The molecule has 0 spiro atoms. The van der Waals surface area contributed by atoms with Crippen molar-refractivity contribution >= 4 is 24.1 Å². The summed E-state index contributed by atoms with van der Waals surface area (Å²) in [5.74, 6) is -3.36. The molecule has 1 unspecified atom stereocenters. The van der Waals surface area contributed by atoms with E-state index in [4.69, 9.17) is 0 Å². The van der Waals surface area contributed by atoms with Gasteiger partial charge in [0.15, 0.2) is 5.92 Å². The van der Waals surface area contributed by atoms with Gasteiger partial charge in [-0.1, -0.05) is 0 Å². The molecule has 0 aromatic rings. The van der Waals surface area contributed by atoms with Gasteiger partial charge >= 0.3 is 17.9 Å². The van der Waals surface area contributed by atoms with E-state index in [0.29, 0.717) is 0 Å². The van der Waals surface area contributed by atoms with Gasteiger partial charge < -0.3 is 14.2 Å². The molecule has 1 atom stereocenters. The molecule has 0 aromatic heterocycles. The van der Waals surface area contributed by atoms with Crippen LogP contribution in [0.4, 0.5) is 0 Å². The molecule has 0 heterocycles. The minimum atomic E-state index is -1.26. The van der Waals surface area contributed by atoms with Gasteiger partial charge in [0.25, 0.3) is 0 Å². The number of hydrogen-bond donors (Lipinski definition) is 0. The van der Waals surface area contributed by atoms with E-state index in [9.17, 15) is 14.4 Å². The summed E-state index contributed by atoms with van der Waals surface area (Å²) in [5, 5.41) is 0. The first kappa shape index (κ1) is 16.1. The zero-order valence-corrected chi connectivity index (χ0v) is 10.7. The van der Waals surface area contributed by atoms with Crippen LogP contribution in [0, 0.1) is 5.92 Å². The lowest BCUT2D eigenvalue weighted by Crippen LogP contribution is -2.29. The van der Waals surface area contributed by atoms with Crippen LogP contribution in [0.2, 0.25) is 0 Å². The summed E-state index contributed by atoms with van der Waals surface area (Å²) >= 11 is 0. The highest BCUT2D eigenvalue weighted by Crippen LogP contribution is 2.00. The molecule has 102 valence electrons. The Morgan fingerprint density at radius 1 is 1.11 bits per heavy atom. The van der Waals surface area contributed by atoms with Crippen LogP contribution in [0.1, 0.15) is 13.8 Å². The van der Waals surface area contributed by atoms with Gasteiger partial charge in [-0.05, 0) is 13.8 Å². The van der Waals surface area contributed by atoms with Gasteiger partial charge in [-0.2, -0.15) is 0 Å². The third kappa shape index (κ3) is 5.97. The number of methoxy groups -OCH3 is 1. The summed E-state index contributed by atoms with van der Waals surface area (Å²) in [6, 6.07) is 0. The standard InChI is InChI=1S/C11H17NO6/c1-4-17-9(13)7-12-6-8(10(14)16-3)11(15)18-5-2/h6,8H,4-5,7H2,1-3H3. The van der Waals surface area contributed by atoms with Crippen LogP contribution in [-0.2, 0) is 28.6 Å². The number of hydrogen-bond acceptors (Lipinski definition) is 7. The van der Waals surface area contributed by atoms with Crippen molar-refractivity contribution in [2.24, 2.45) is 10.9 Å². The lowest BCUT2D eigenvalue weighted by Gasteiger charge is -2.08. The zero-order valence-electron chi connectivity index (χ0n) is 10.7. The van der Waals surface area contributed by atoms with Crippen LogP contribution in [0.5, 0.6) is 0 Å². The first-order chi connectivity index (χ1) is 8.56. The highest BCUT2D eigenvalue weighted by molar-refractivity contribution is 6.09. The molecule has 18 heavy (non-hydrogen) atoms.